The van der Waals surface area contributed by atoms with E-state index in [0.717, 1.165) is 0 Å². The second kappa shape index (κ2) is 3.70. The van der Waals surface area contributed by atoms with Crippen molar-refractivity contribution in [2.45, 2.75) is 17.3 Å². The molecular formula is C6H5Cl3N4. The topological polar surface area (TPSA) is 54.5 Å². The molecule has 0 spiro atoms. The second-order valence-electron chi connectivity index (χ2n) is 2.21. The summed E-state index contributed by atoms with van der Waals surface area (Å²) >= 11 is 16.7. The van der Waals surface area contributed by atoms with Crippen molar-refractivity contribution in [3.05, 3.63) is 11.4 Å². The fraction of sp³-hybridized carbons (Fsp3) is 0.500. The first kappa shape index (κ1) is 10.6. The summed E-state index contributed by atoms with van der Waals surface area (Å²) in [7, 11) is 0. The highest BCUT2D eigenvalue weighted by Crippen LogP contribution is 2.38. The summed E-state index contributed by atoms with van der Waals surface area (Å²) in [6, 6.07) is 1.89. The van der Waals surface area contributed by atoms with Crippen molar-refractivity contribution < 1.29 is 0 Å². The van der Waals surface area contributed by atoms with Gasteiger partial charge in [0.15, 0.2) is 11.4 Å². The van der Waals surface area contributed by atoms with Gasteiger partial charge in [-0.2, -0.15) is 5.26 Å². The zero-order valence-electron chi connectivity index (χ0n) is 6.63. The van der Waals surface area contributed by atoms with Gasteiger partial charge in [0.05, 0.1) is 0 Å². The number of hydrogen-bond donors (Lipinski definition) is 0. The van der Waals surface area contributed by atoms with Crippen LogP contribution in [-0.4, -0.2) is 15.0 Å². The highest BCUT2D eigenvalue weighted by atomic mass is 35.6. The molecule has 0 fully saturated rings. The van der Waals surface area contributed by atoms with E-state index in [1.807, 2.05) is 13.0 Å². The number of alkyl halides is 3. The van der Waals surface area contributed by atoms with E-state index in [0.29, 0.717) is 6.54 Å². The van der Waals surface area contributed by atoms with Crippen LogP contribution in [0.15, 0.2) is 0 Å². The maximum atomic E-state index is 8.76. The van der Waals surface area contributed by atoms with Crippen molar-refractivity contribution in [1.82, 2.24) is 15.0 Å². The second-order valence-corrected chi connectivity index (χ2v) is 4.49. The van der Waals surface area contributed by atoms with E-state index in [4.69, 9.17) is 40.1 Å². The van der Waals surface area contributed by atoms with Crippen LogP contribution in [-0.2, 0) is 10.3 Å². The molecule has 0 bridgehead atoms. The Morgan fingerprint density at radius 3 is 2.54 bits per heavy atom. The van der Waals surface area contributed by atoms with Gasteiger partial charge in [-0.25, -0.2) is 4.68 Å². The number of aryl methyl sites for hydroxylation is 1. The Labute approximate surface area is 90.0 Å². The van der Waals surface area contributed by atoms with Crippen LogP contribution in [0.25, 0.3) is 0 Å². The Morgan fingerprint density at radius 1 is 1.54 bits per heavy atom. The monoisotopic (exact) mass is 238 g/mol. The lowest BCUT2D eigenvalue weighted by Gasteiger charge is -2.05. The molecular weight excluding hydrogens is 234 g/mol. The molecule has 0 aliphatic heterocycles. The summed E-state index contributed by atoms with van der Waals surface area (Å²) in [5.41, 5.74) is 0.254. The molecule has 0 radical (unpaired) electrons. The molecule has 0 saturated carbocycles. The summed E-state index contributed by atoms with van der Waals surface area (Å²) in [5, 5.41) is 16.0. The summed E-state index contributed by atoms with van der Waals surface area (Å²) in [6.07, 6.45) is 0. The average molecular weight is 239 g/mol. The highest BCUT2D eigenvalue weighted by Gasteiger charge is 2.31. The maximum Gasteiger partial charge on any atom is 0.237 e. The Bertz CT molecular complexity index is 346. The van der Waals surface area contributed by atoms with E-state index in [2.05, 4.69) is 10.3 Å². The number of halogens is 3. The molecule has 7 heteroatoms. The molecule has 1 rings (SSSR count). The Balaban J connectivity index is 3.26. The van der Waals surface area contributed by atoms with E-state index in [9.17, 15) is 0 Å². The molecule has 0 amide bonds. The predicted molar refractivity (Wildman–Crippen MR) is 49.6 cm³/mol. The van der Waals surface area contributed by atoms with Gasteiger partial charge in [-0.1, -0.05) is 40.0 Å². The smallest absolute Gasteiger partial charge is 0.234 e. The average Bonchev–Trinajstić information content (AvgIpc) is 2.45. The maximum absolute atomic E-state index is 8.76. The molecule has 0 aromatic carbocycles. The van der Waals surface area contributed by atoms with Gasteiger partial charge in [-0.3, -0.25) is 0 Å². The molecule has 0 saturated heterocycles. The van der Waals surface area contributed by atoms with Gasteiger partial charge in [0.2, 0.25) is 3.79 Å². The van der Waals surface area contributed by atoms with E-state index in [1.165, 1.54) is 4.68 Å². The standard InChI is InChI=1S/C6H5Cl3N4/c1-2-13-4(3-10)5(11-12-13)6(7,8)9/h2H2,1H3. The summed E-state index contributed by atoms with van der Waals surface area (Å²) in [4.78, 5) is 0. The van der Waals surface area contributed by atoms with Gasteiger partial charge in [0, 0.05) is 6.54 Å². The molecule has 0 aliphatic carbocycles. The molecule has 0 aliphatic rings. The van der Waals surface area contributed by atoms with Crippen LogP contribution < -0.4 is 0 Å². The molecule has 0 atom stereocenters. The number of aromatic nitrogens is 3. The quantitative estimate of drug-likeness (QED) is 0.704. The molecule has 0 unspecified atom stereocenters. The summed E-state index contributed by atoms with van der Waals surface area (Å²) in [6.45, 7) is 2.33. The molecule has 4 nitrogen and oxygen atoms in total. The van der Waals surface area contributed by atoms with Gasteiger partial charge < -0.3 is 0 Å². The number of nitriles is 1. The van der Waals surface area contributed by atoms with Crippen LogP contribution in [0, 0.1) is 11.3 Å². The molecule has 70 valence electrons. The van der Waals surface area contributed by atoms with Gasteiger partial charge >= 0.3 is 0 Å². The van der Waals surface area contributed by atoms with Crippen molar-refractivity contribution in [3.8, 4) is 6.07 Å². The van der Waals surface area contributed by atoms with E-state index in [-0.39, 0.29) is 11.4 Å². The van der Waals surface area contributed by atoms with Crippen LogP contribution in [0.1, 0.15) is 18.3 Å². The number of hydrogen-bond acceptors (Lipinski definition) is 3. The normalized spacial score (nSPS) is 11.3. The van der Waals surface area contributed by atoms with Crippen LogP contribution in [0.2, 0.25) is 0 Å². The third-order valence-corrected chi connectivity index (χ3v) is 1.95. The van der Waals surface area contributed by atoms with Crippen molar-refractivity contribution in [3.63, 3.8) is 0 Å². The van der Waals surface area contributed by atoms with Crippen molar-refractivity contribution >= 4 is 34.8 Å². The molecule has 1 aromatic rings. The van der Waals surface area contributed by atoms with Crippen LogP contribution in [0.4, 0.5) is 0 Å². The van der Waals surface area contributed by atoms with Crippen molar-refractivity contribution in [2.24, 2.45) is 0 Å². The Kier molecular flexibility index (Phi) is 3.01. The minimum atomic E-state index is -1.70. The molecule has 13 heavy (non-hydrogen) atoms. The lowest BCUT2D eigenvalue weighted by molar-refractivity contribution is 0.620. The first-order valence-electron chi connectivity index (χ1n) is 3.41. The van der Waals surface area contributed by atoms with E-state index < -0.39 is 3.79 Å². The molecule has 0 N–H and O–H groups in total. The van der Waals surface area contributed by atoms with Gasteiger partial charge in [0.1, 0.15) is 6.07 Å². The molecule has 1 aromatic heterocycles. The Morgan fingerprint density at radius 2 is 2.15 bits per heavy atom. The first-order valence-corrected chi connectivity index (χ1v) is 4.54. The lowest BCUT2D eigenvalue weighted by atomic mass is 10.3. The van der Waals surface area contributed by atoms with Crippen LogP contribution in [0.3, 0.4) is 0 Å². The SMILES string of the molecule is CCn1nnc(C(Cl)(Cl)Cl)c1C#N. The third kappa shape index (κ3) is 2.05. The lowest BCUT2D eigenvalue weighted by Crippen LogP contribution is -2.06. The van der Waals surface area contributed by atoms with E-state index in [1.54, 1.807) is 0 Å². The minimum Gasteiger partial charge on any atom is -0.234 e. The van der Waals surface area contributed by atoms with Gasteiger partial charge in [-0.15, -0.1) is 5.10 Å². The summed E-state index contributed by atoms with van der Waals surface area (Å²) < 4.78 is -0.324. The van der Waals surface area contributed by atoms with Gasteiger partial charge in [-0.05, 0) is 6.92 Å². The number of rotatable bonds is 1. The summed E-state index contributed by atoms with van der Waals surface area (Å²) in [5.74, 6) is 0. The van der Waals surface area contributed by atoms with Crippen LogP contribution >= 0.6 is 34.8 Å². The van der Waals surface area contributed by atoms with Crippen LogP contribution in [0.5, 0.6) is 0 Å². The van der Waals surface area contributed by atoms with Crippen molar-refractivity contribution in [2.75, 3.05) is 0 Å². The molecule has 1 heterocycles. The minimum absolute atomic E-state index is 0.0712. The predicted octanol–water partition coefficient (Wildman–Crippen LogP) is 2.00. The Hall–Kier alpha value is -0.500. The largest absolute Gasteiger partial charge is 0.237 e. The fourth-order valence-corrected chi connectivity index (χ4v) is 1.22. The van der Waals surface area contributed by atoms with Gasteiger partial charge in [0.25, 0.3) is 0 Å². The fourth-order valence-electron chi connectivity index (χ4n) is 0.836. The highest BCUT2D eigenvalue weighted by molar-refractivity contribution is 6.66. The van der Waals surface area contributed by atoms with E-state index >= 15 is 0 Å². The zero-order chi connectivity index (χ0) is 10.1. The first-order chi connectivity index (χ1) is 6.00. The third-order valence-electron chi connectivity index (χ3n) is 1.41. The van der Waals surface area contributed by atoms with Crippen molar-refractivity contribution in [1.29, 1.82) is 5.26 Å². The number of nitrogens with zero attached hydrogens (tertiary/aromatic N) is 4. The zero-order valence-corrected chi connectivity index (χ0v) is 8.90.